The maximum Gasteiger partial charge on any atom is 0.172 e. The molecule has 0 fully saturated rings. The molecule has 25 valence electrons. The minimum Gasteiger partial charge on any atom is -0.412 e. The summed E-state index contributed by atoms with van der Waals surface area (Å²) in [6.07, 6.45) is 0. The lowest BCUT2D eigenvalue weighted by atomic mass is 11.0. The normalized spacial score (nSPS) is 4.25. The van der Waals surface area contributed by atoms with Gasteiger partial charge < -0.3 is 5.48 Å². The summed E-state index contributed by atoms with van der Waals surface area (Å²) in [5.74, 6) is 0. The van der Waals surface area contributed by atoms with Crippen LogP contribution in [-0.2, 0) is 0 Å². The lowest BCUT2D eigenvalue weighted by molar-refractivity contribution is 0.824. The topological polar surface area (TPSA) is 31.5 Å². The third-order valence-electron chi connectivity index (χ3n) is 0. The summed E-state index contributed by atoms with van der Waals surface area (Å²) in [7, 11) is 0. The van der Waals surface area contributed by atoms with Crippen molar-refractivity contribution in [2.24, 2.45) is 0 Å². The molecule has 1 radical (unpaired) electrons. The van der Waals surface area contributed by atoms with Crippen molar-refractivity contribution >= 4 is 16.3 Å². The molecule has 0 rings (SSSR count). The van der Waals surface area contributed by atoms with Crippen LogP contribution < -0.4 is 0 Å². The van der Waals surface area contributed by atoms with Crippen molar-refractivity contribution < 1.29 is 5.48 Å². The fourth-order valence-electron chi connectivity index (χ4n) is 0. The molecular formula is C2H8AlO. The molecule has 0 unspecified atom stereocenters. The average molecular weight is 75.1 g/mol. The van der Waals surface area contributed by atoms with Crippen LogP contribution in [0.4, 0.5) is 0 Å². The van der Waals surface area contributed by atoms with Gasteiger partial charge in [0.05, 0.1) is 0 Å². The fraction of sp³-hybridized carbons (Fsp3) is 1.00. The molecule has 1 nitrogen and oxygen atoms in total. The smallest absolute Gasteiger partial charge is 0.172 e. The summed E-state index contributed by atoms with van der Waals surface area (Å²) in [5.41, 5.74) is 0. The van der Waals surface area contributed by atoms with Crippen LogP contribution in [0.3, 0.4) is 0 Å². The zero-order valence-corrected chi connectivity index (χ0v) is 4.33. The summed E-state index contributed by atoms with van der Waals surface area (Å²) in [4.78, 5) is 0. The first-order valence-corrected chi connectivity index (χ1v) is 2.21. The van der Waals surface area contributed by atoms with E-state index in [1.54, 1.807) is 0 Å². The van der Waals surface area contributed by atoms with Gasteiger partial charge in [-0.3, -0.25) is 0 Å². The number of hydrogen-bond acceptors (Lipinski definition) is 0. The van der Waals surface area contributed by atoms with Crippen LogP contribution in [0.2, 0.25) is 5.28 Å². The Labute approximate surface area is 34.7 Å². The Morgan fingerprint density at radius 3 is 1.75 bits per heavy atom. The van der Waals surface area contributed by atoms with Gasteiger partial charge in [0.2, 0.25) is 0 Å². The van der Waals surface area contributed by atoms with Crippen LogP contribution in [0, 0.1) is 0 Å². The quantitative estimate of drug-likeness (QED) is 0.348. The van der Waals surface area contributed by atoms with Crippen LogP contribution in [0.5, 0.6) is 0 Å². The van der Waals surface area contributed by atoms with Crippen LogP contribution >= 0.6 is 0 Å². The third-order valence-corrected chi connectivity index (χ3v) is 0. The Morgan fingerprint density at radius 1 is 1.75 bits per heavy atom. The molecule has 0 amide bonds. The molecule has 2 N–H and O–H groups in total. The van der Waals surface area contributed by atoms with Gasteiger partial charge in [0.15, 0.2) is 16.3 Å². The Balaban J connectivity index is 0. The van der Waals surface area contributed by atoms with Crippen molar-refractivity contribution in [1.29, 1.82) is 0 Å². The molecule has 0 aliphatic carbocycles. The van der Waals surface area contributed by atoms with Gasteiger partial charge >= 0.3 is 0 Å². The molecular weight excluding hydrogens is 67.0 g/mol. The summed E-state index contributed by atoms with van der Waals surface area (Å²) in [6.45, 7) is 2.14. The Morgan fingerprint density at radius 2 is 1.75 bits per heavy atom. The van der Waals surface area contributed by atoms with Gasteiger partial charge in [0, 0.05) is 0 Å². The van der Waals surface area contributed by atoms with Crippen molar-refractivity contribution in [3.8, 4) is 0 Å². The Bertz CT molecular complexity index is 6.00. The third kappa shape index (κ3) is 22.9. The average Bonchev–Trinajstić information content (AvgIpc) is 0.918. The van der Waals surface area contributed by atoms with E-state index in [0.717, 1.165) is 0 Å². The van der Waals surface area contributed by atoms with Crippen LogP contribution in [-0.4, -0.2) is 21.8 Å². The van der Waals surface area contributed by atoms with E-state index in [4.69, 9.17) is 0 Å². The largest absolute Gasteiger partial charge is 0.412 e. The molecule has 0 aliphatic heterocycles. The van der Waals surface area contributed by atoms with Crippen molar-refractivity contribution in [2.45, 2.75) is 12.2 Å². The van der Waals surface area contributed by atoms with E-state index >= 15 is 0 Å². The lowest BCUT2D eigenvalue weighted by Crippen LogP contribution is -1.41. The number of rotatable bonds is 0. The maximum absolute atomic E-state index is 2.14. The van der Waals surface area contributed by atoms with Gasteiger partial charge in [-0.1, -0.05) is 6.92 Å². The van der Waals surface area contributed by atoms with E-state index < -0.39 is 0 Å². The van der Waals surface area contributed by atoms with Gasteiger partial charge in [-0.05, 0) is 0 Å². The van der Waals surface area contributed by atoms with E-state index in [9.17, 15) is 0 Å². The molecule has 0 aromatic carbocycles. The van der Waals surface area contributed by atoms with Gasteiger partial charge in [-0.25, -0.2) is 0 Å². The lowest BCUT2D eigenvalue weighted by Gasteiger charge is -1.45. The molecule has 0 bridgehead atoms. The summed E-state index contributed by atoms with van der Waals surface area (Å²) < 4.78 is 0. The monoisotopic (exact) mass is 75.0 g/mol. The van der Waals surface area contributed by atoms with Crippen LogP contribution in [0.1, 0.15) is 6.92 Å². The molecule has 4 heavy (non-hydrogen) atoms. The van der Waals surface area contributed by atoms with Crippen LogP contribution in [0.15, 0.2) is 0 Å². The van der Waals surface area contributed by atoms with Crippen LogP contribution in [0.25, 0.3) is 0 Å². The number of hydrogen-bond donors (Lipinski definition) is 0. The first-order valence-electron chi connectivity index (χ1n) is 1.21. The van der Waals surface area contributed by atoms with Crippen molar-refractivity contribution in [1.82, 2.24) is 0 Å². The summed E-state index contributed by atoms with van der Waals surface area (Å²) >= 11 is 1.97. The molecule has 0 aliphatic rings. The highest BCUT2D eigenvalue weighted by Gasteiger charge is 1.39. The van der Waals surface area contributed by atoms with E-state index in [-0.39, 0.29) is 5.48 Å². The summed E-state index contributed by atoms with van der Waals surface area (Å²) in [5, 5.41) is 1.28. The molecule has 0 aromatic rings. The Kier molecular flexibility index (Phi) is 21.5. The first kappa shape index (κ1) is 8.82. The minimum absolute atomic E-state index is 0. The molecule has 0 saturated carbocycles. The fourth-order valence-corrected chi connectivity index (χ4v) is 0. The minimum atomic E-state index is 0. The highest BCUT2D eigenvalue weighted by Crippen LogP contribution is 1.49. The maximum atomic E-state index is 2.14. The molecule has 0 aromatic heterocycles. The first-order chi connectivity index (χ1) is 1.41. The van der Waals surface area contributed by atoms with Gasteiger partial charge in [0.1, 0.15) is 0 Å². The predicted molar refractivity (Wildman–Crippen MR) is 21.2 cm³/mol. The van der Waals surface area contributed by atoms with Gasteiger partial charge in [-0.2, -0.15) is 0 Å². The van der Waals surface area contributed by atoms with E-state index in [1.165, 1.54) is 5.28 Å². The van der Waals surface area contributed by atoms with E-state index in [0.29, 0.717) is 0 Å². The standard InChI is InChI=1S/C2H5.Al.H2O.H/c1-2;;;/h1H2,2H3;;1H2;. The van der Waals surface area contributed by atoms with Crippen molar-refractivity contribution in [3.63, 3.8) is 0 Å². The highest BCUT2D eigenvalue weighted by atomic mass is 27.0. The second-order valence-electron chi connectivity index (χ2n) is 0.500. The molecule has 0 atom stereocenters. The SMILES string of the molecule is C[CH2][AlH].O. The van der Waals surface area contributed by atoms with E-state index in [2.05, 4.69) is 6.92 Å². The van der Waals surface area contributed by atoms with Gasteiger partial charge in [-0.15, -0.1) is 5.28 Å². The van der Waals surface area contributed by atoms with Crippen molar-refractivity contribution in [3.05, 3.63) is 0 Å². The predicted octanol–water partition coefficient (Wildman–Crippen LogP) is -0.499. The zero-order chi connectivity index (χ0) is 2.71. The summed E-state index contributed by atoms with van der Waals surface area (Å²) in [6, 6.07) is 0. The van der Waals surface area contributed by atoms with E-state index in [1.807, 2.05) is 16.3 Å². The second kappa shape index (κ2) is 9.74. The highest BCUT2D eigenvalue weighted by molar-refractivity contribution is 6.08. The van der Waals surface area contributed by atoms with Crippen molar-refractivity contribution in [2.75, 3.05) is 0 Å². The Hall–Kier alpha value is 0.492. The second-order valence-corrected chi connectivity index (χ2v) is 1.50. The zero-order valence-electron chi connectivity index (χ0n) is 2.91. The molecule has 2 heteroatoms. The molecule has 0 spiro atoms. The molecule has 0 heterocycles. The van der Waals surface area contributed by atoms with Gasteiger partial charge in [0.25, 0.3) is 0 Å². The molecule has 0 saturated heterocycles.